The third-order valence-electron chi connectivity index (χ3n) is 7.97. The van der Waals surface area contributed by atoms with Crippen LogP contribution in [0.2, 0.25) is 0 Å². The zero-order chi connectivity index (χ0) is 29.9. The number of ether oxygens (including phenoxy) is 2. The van der Waals surface area contributed by atoms with E-state index in [1.54, 1.807) is 30.1 Å². The minimum Gasteiger partial charge on any atom is -0.488 e. The van der Waals surface area contributed by atoms with E-state index in [1.165, 1.54) is 37.7 Å². The van der Waals surface area contributed by atoms with Gasteiger partial charge in [-0.25, -0.2) is 4.79 Å². The summed E-state index contributed by atoms with van der Waals surface area (Å²) in [6.07, 6.45) is 6.42. The molecule has 1 aliphatic rings. The standard InChI is InChI=1S/C37H40N2O4/c1-38-24-36(40)39(25-28-17-19-32(20-18-28)31-15-9-4-10-16-31)33-21-22-34(37(41)43-27-30-13-7-3-8-14-30)35(23-33)42-26-29-11-5-2-6-12-29/h2-3,5-8,11-14,17-23,31,38H,4,9-10,15-16,24-27H2,1H3. The minimum absolute atomic E-state index is 0.0766. The molecular weight excluding hydrogens is 536 g/mol. The summed E-state index contributed by atoms with van der Waals surface area (Å²) < 4.78 is 11.8. The van der Waals surface area contributed by atoms with E-state index in [-0.39, 0.29) is 25.7 Å². The number of carbonyl (C=O) groups is 2. The van der Waals surface area contributed by atoms with Crippen molar-refractivity contribution in [3.8, 4) is 5.75 Å². The van der Waals surface area contributed by atoms with Gasteiger partial charge in [-0.15, -0.1) is 0 Å². The zero-order valence-corrected chi connectivity index (χ0v) is 24.8. The van der Waals surface area contributed by atoms with Crippen LogP contribution in [-0.2, 0) is 29.3 Å². The molecule has 0 spiro atoms. The summed E-state index contributed by atoms with van der Waals surface area (Å²) in [5.74, 6) is 0.440. The lowest BCUT2D eigenvalue weighted by molar-refractivity contribution is -0.117. The van der Waals surface area contributed by atoms with Crippen LogP contribution >= 0.6 is 0 Å². The summed E-state index contributed by atoms with van der Waals surface area (Å²) in [5.41, 5.74) is 5.26. The Kier molecular flexibility index (Phi) is 10.6. The van der Waals surface area contributed by atoms with Gasteiger partial charge < -0.3 is 19.7 Å². The van der Waals surface area contributed by atoms with E-state index in [0.29, 0.717) is 29.5 Å². The molecule has 43 heavy (non-hydrogen) atoms. The highest BCUT2D eigenvalue weighted by atomic mass is 16.5. The number of hydrogen-bond donors (Lipinski definition) is 1. The van der Waals surface area contributed by atoms with Crippen LogP contribution in [0.25, 0.3) is 0 Å². The van der Waals surface area contributed by atoms with E-state index < -0.39 is 5.97 Å². The number of carbonyl (C=O) groups excluding carboxylic acids is 2. The smallest absolute Gasteiger partial charge is 0.342 e. The van der Waals surface area contributed by atoms with Gasteiger partial charge in [0.1, 0.15) is 24.5 Å². The van der Waals surface area contributed by atoms with Crippen molar-refractivity contribution >= 4 is 17.6 Å². The summed E-state index contributed by atoms with van der Waals surface area (Å²) in [5, 5.41) is 2.98. The van der Waals surface area contributed by atoms with Gasteiger partial charge in [0.25, 0.3) is 0 Å². The summed E-state index contributed by atoms with van der Waals surface area (Å²) in [6.45, 7) is 1.02. The third-order valence-corrected chi connectivity index (χ3v) is 7.97. The highest BCUT2D eigenvalue weighted by Crippen LogP contribution is 2.33. The van der Waals surface area contributed by atoms with Crippen molar-refractivity contribution in [3.05, 3.63) is 131 Å². The first kappa shape index (κ1) is 30.1. The maximum absolute atomic E-state index is 13.4. The second-order valence-electron chi connectivity index (χ2n) is 11.1. The Hall–Kier alpha value is -4.42. The Bertz CT molecular complexity index is 1470. The molecule has 1 aliphatic carbocycles. The summed E-state index contributed by atoms with van der Waals surface area (Å²) >= 11 is 0. The average Bonchev–Trinajstić information content (AvgIpc) is 3.07. The van der Waals surface area contributed by atoms with Crippen molar-refractivity contribution in [1.82, 2.24) is 5.32 Å². The monoisotopic (exact) mass is 576 g/mol. The van der Waals surface area contributed by atoms with Crippen LogP contribution in [0.3, 0.4) is 0 Å². The molecule has 4 aromatic rings. The number of likely N-dealkylation sites (N-methyl/N-ethyl adjacent to an activating group) is 1. The second-order valence-corrected chi connectivity index (χ2v) is 11.1. The van der Waals surface area contributed by atoms with Gasteiger partial charge in [0.15, 0.2) is 0 Å². The molecule has 0 atom stereocenters. The quantitative estimate of drug-likeness (QED) is 0.178. The average molecular weight is 577 g/mol. The van der Waals surface area contributed by atoms with Gasteiger partial charge in [-0.1, -0.05) is 104 Å². The first-order valence-electron chi connectivity index (χ1n) is 15.2. The fourth-order valence-corrected chi connectivity index (χ4v) is 5.59. The van der Waals surface area contributed by atoms with Gasteiger partial charge in [0.05, 0.1) is 13.1 Å². The topological polar surface area (TPSA) is 67.9 Å². The van der Waals surface area contributed by atoms with E-state index in [0.717, 1.165) is 16.7 Å². The van der Waals surface area contributed by atoms with Crippen LogP contribution in [-0.4, -0.2) is 25.5 Å². The molecule has 0 aromatic heterocycles. The van der Waals surface area contributed by atoms with Gasteiger partial charge in [0.2, 0.25) is 5.91 Å². The number of nitrogens with one attached hydrogen (secondary N) is 1. The van der Waals surface area contributed by atoms with Gasteiger partial charge in [-0.2, -0.15) is 0 Å². The molecule has 0 bridgehead atoms. The van der Waals surface area contributed by atoms with Crippen LogP contribution in [0.15, 0.2) is 103 Å². The number of hydrogen-bond acceptors (Lipinski definition) is 5. The lowest BCUT2D eigenvalue weighted by atomic mass is 9.84. The fourth-order valence-electron chi connectivity index (χ4n) is 5.59. The lowest BCUT2D eigenvalue weighted by Crippen LogP contribution is -2.36. The minimum atomic E-state index is -0.482. The highest BCUT2D eigenvalue weighted by Gasteiger charge is 2.22. The molecule has 222 valence electrons. The maximum Gasteiger partial charge on any atom is 0.342 e. The van der Waals surface area contributed by atoms with Crippen molar-refractivity contribution in [2.75, 3.05) is 18.5 Å². The van der Waals surface area contributed by atoms with Crippen LogP contribution in [0, 0.1) is 0 Å². The van der Waals surface area contributed by atoms with E-state index >= 15 is 0 Å². The van der Waals surface area contributed by atoms with Crippen molar-refractivity contribution in [1.29, 1.82) is 0 Å². The molecule has 0 aliphatic heterocycles. The first-order valence-corrected chi connectivity index (χ1v) is 15.2. The Balaban J connectivity index is 1.39. The Morgan fingerprint density at radius 2 is 1.42 bits per heavy atom. The SMILES string of the molecule is CNCC(=O)N(Cc1ccc(C2CCCCC2)cc1)c1ccc(C(=O)OCc2ccccc2)c(OCc2ccccc2)c1. The van der Waals surface area contributed by atoms with Crippen LogP contribution in [0.5, 0.6) is 5.75 Å². The zero-order valence-electron chi connectivity index (χ0n) is 24.8. The molecule has 1 saturated carbocycles. The van der Waals surface area contributed by atoms with E-state index in [2.05, 4.69) is 29.6 Å². The number of amides is 1. The van der Waals surface area contributed by atoms with Gasteiger partial charge in [-0.3, -0.25) is 4.79 Å². The number of anilines is 1. The van der Waals surface area contributed by atoms with Crippen molar-refractivity contribution < 1.29 is 19.1 Å². The first-order chi connectivity index (χ1) is 21.1. The molecular formula is C37H40N2O4. The normalized spacial score (nSPS) is 13.3. The van der Waals surface area contributed by atoms with Gasteiger partial charge >= 0.3 is 5.97 Å². The number of esters is 1. The molecule has 0 unspecified atom stereocenters. The molecule has 0 radical (unpaired) electrons. The summed E-state index contributed by atoms with van der Waals surface area (Å²) in [6, 6.07) is 33.3. The van der Waals surface area contributed by atoms with Crippen LogP contribution < -0.4 is 15.0 Å². The lowest BCUT2D eigenvalue weighted by Gasteiger charge is -2.25. The fraction of sp³-hybridized carbons (Fsp3) is 0.297. The predicted octanol–water partition coefficient (Wildman–Crippen LogP) is 7.42. The molecule has 4 aromatic carbocycles. The van der Waals surface area contributed by atoms with E-state index in [1.807, 2.05) is 60.7 Å². The predicted molar refractivity (Wildman–Crippen MR) is 170 cm³/mol. The third kappa shape index (κ3) is 8.33. The summed E-state index contributed by atoms with van der Waals surface area (Å²) in [7, 11) is 1.76. The number of benzene rings is 4. The molecule has 6 heteroatoms. The molecule has 0 saturated heterocycles. The molecule has 0 heterocycles. The van der Waals surface area contributed by atoms with E-state index in [4.69, 9.17) is 9.47 Å². The van der Waals surface area contributed by atoms with Crippen molar-refractivity contribution in [2.24, 2.45) is 0 Å². The van der Waals surface area contributed by atoms with Gasteiger partial charge in [0, 0.05) is 11.8 Å². The molecule has 1 fully saturated rings. The molecule has 5 rings (SSSR count). The molecule has 1 amide bonds. The van der Waals surface area contributed by atoms with Crippen molar-refractivity contribution in [2.45, 2.75) is 57.8 Å². The maximum atomic E-state index is 13.4. The second kappa shape index (κ2) is 15.2. The van der Waals surface area contributed by atoms with Crippen LogP contribution in [0.4, 0.5) is 5.69 Å². The number of nitrogens with zero attached hydrogens (tertiary/aromatic N) is 1. The highest BCUT2D eigenvalue weighted by molar-refractivity contribution is 5.97. The molecule has 6 nitrogen and oxygen atoms in total. The Morgan fingerprint density at radius 1 is 0.767 bits per heavy atom. The Labute approximate surface area is 254 Å². The van der Waals surface area contributed by atoms with Crippen molar-refractivity contribution in [3.63, 3.8) is 0 Å². The van der Waals surface area contributed by atoms with Gasteiger partial charge in [-0.05, 0) is 60.2 Å². The summed E-state index contributed by atoms with van der Waals surface area (Å²) in [4.78, 5) is 28.3. The van der Waals surface area contributed by atoms with Crippen LogP contribution in [0.1, 0.15) is 70.6 Å². The number of rotatable bonds is 12. The molecule has 1 N–H and O–H groups in total. The van der Waals surface area contributed by atoms with E-state index in [9.17, 15) is 9.59 Å². The Morgan fingerprint density at radius 3 is 2.07 bits per heavy atom. The largest absolute Gasteiger partial charge is 0.488 e.